The van der Waals surface area contributed by atoms with Gasteiger partial charge in [0.25, 0.3) is 0 Å². The second kappa shape index (κ2) is 5.39. The molecule has 2 N–H and O–H groups in total. The lowest BCUT2D eigenvalue weighted by molar-refractivity contribution is 0.0701. The van der Waals surface area contributed by atoms with Crippen molar-refractivity contribution in [3.05, 3.63) is 28.2 Å². The first-order valence-corrected chi connectivity index (χ1v) is 7.10. The average molecular weight is 276 g/mol. The summed E-state index contributed by atoms with van der Waals surface area (Å²) in [5, 5.41) is 9.23. The summed E-state index contributed by atoms with van der Waals surface area (Å²) in [4.78, 5) is 14.9. The van der Waals surface area contributed by atoms with E-state index in [0.29, 0.717) is 10.7 Å². The summed E-state index contributed by atoms with van der Waals surface area (Å²) in [7, 11) is -3.40. The lowest BCUT2D eigenvalue weighted by Crippen LogP contribution is -2.24. The molecule has 0 aliphatic carbocycles. The van der Waals surface area contributed by atoms with E-state index in [1.807, 2.05) is 0 Å². The number of nitrogens with zero attached hydrogens (tertiary/aromatic N) is 1. The van der Waals surface area contributed by atoms with E-state index in [9.17, 15) is 13.2 Å². The van der Waals surface area contributed by atoms with Crippen molar-refractivity contribution in [2.75, 3.05) is 5.75 Å². The summed E-state index contributed by atoms with van der Waals surface area (Å²) >= 11 is 0.963. The monoisotopic (exact) mass is 276 g/mol. The normalized spacial score (nSPS) is 11.4. The molecule has 1 aromatic heterocycles. The van der Waals surface area contributed by atoms with Gasteiger partial charge in [-0.15, -0.1) is 17.9 Å². The Bertz CT molecular complexity index is 533. The molecule has 0 aliphatic rings. The largest absolute Gasteiger partial charge is 0.477 e. The van der Waals surface area contributed by atoms with E-state index in [1.54, 1.807) is 6.92 Å². The number of hydrogen-bond donors (Lipinski definition) is 2. The minimum Gasteiger partial charge on any atom is -0.477 e. The van der Waals surface area contributed by atoms with Crippen molar-refractivity contribution >= 4 is 27.3 Å². The zero-order chi connectivity index (χ0) is 13.1. The van der Waals surface area contributed by atoms with Crippen LogP contribution in [0.25, 0.3) is 0 Å². The number of hydrogen-bond acceptors (Lipinski definition) is 5. The Labute approximate surface area is 103 Å². The Morgan fingerprint density at radius 3 is 2.76 bits per heavy atom. The molecule has 8 heteroatoms. The van der Waals surface area contributed by atoms with Crippen molar-refractivity contribution in [2.45, 2.75) is 13.5 Å². The molecule has 17 heavy (non-hydrogen) atoms. The van der Waals surface area contributed by atoms with Crippen LogP contribution >= 0.6 is 11.3 Å². The van der Waals surface area contributed by atoms with Crippen molar-refractivity contribution in [3.63, 3.8) is 0 Å². The molecule has 0 spiro atoms. The first-order chi connectivity index (χ1) is 7.85. The molecular formula is C9H12N2O4S2. The molecule has 1 rings (SSSR count). The highest BCUT2D eigenvalue weighted by Gasteiger charge is 2.15. The van der Waals surface area contributed by atoms with Crippen molar-refractivity contribution in [1.29, 1.82) is 0 Å². The van der Waals surface area contributed by atoms with Gasteiger partial charge in [-0.1, -0.05) is 6.08 Å². The Balaban J connectivity index is 2.74. The molecule has 0 aromatic carbocycles. The maximum Gasteiger partial charge on any atom is 0.347 e. The molecule has 0 atom stereocenters. The fraction of sp³-hybridized carbons (Fsp3) is 0.333. The van der Waals surface area contributed by atoms with Gasteiger partial charge in [-0.3, -0.25) is 0 Å². The number of carboxylic acids is 1. The summed E-state index contributed by atoms with van der Waals surface area (Å²) in [5.74, 6) is -1.23. The topological polar surface area (TPSA) is 96.4 Å². The number of carbonyl (C=O) groups is 1. The number of rotatable bonds is 6. The Kier molecular flexibility index (Phi) is 4.38. The first kappa shape index (κ1) is 13.8. The maximum atomic E-state index is 11.3. The average Bonchev–Trinajstić information content (AvgIpc) is 2.57. The predicted octanol–water partition coefficient (Wildman–Crippen LogP) is 0.755. The van der Waals surface area contributed by atoms with E-state index in [1.165, 1.54) is 6.08 Å². The third kappa shape index (κ3) is 3.91. The van der Waals surface area contributed by atoms with E-state index in [4.69, 9.17) is 5.11 Å². The highest BCUT2D eigenvalue weighted by Crippen LogP contribution is 2.17. The number of thiazole rings is 1. The lowest BCUT2D eigenvalue weighted by Gasteiger charge is -2.00. The molecule has 0 radical (unpaired) electrons. The van der Waals surface area contributed by atoms with Crippen LogP contribution in [0.2, 0.25) is 0 Å². The van der Waals surface area contributed by atoms with Crippen LogP contribution in [0.4, 0.5) is 0 Å². The molecule has 94 valence electrons. The molecular weight excluding hydrogens is 264 g/mol. The Morgan fingerprint density at radius 1 is 1.65 bits per heavy atom. The zero-order valence-electron chi connectivity index (χ0n) is 9.13. The molecule has 6 nitrogen and oxygen atoms in total. The smallest absolute Gasteiger partial charge is 0.347 e. The van der Waals surface area contributed by atoms with E-state index in [-0.39, 0.29) is 17.2 Å². The third-order valence-electron chi connectivity index (χ3n) is 1.82. The fourth-order valence-electron chi connectivity index (χ4n) is 1.11. The molecule has 0 saturated carbocycles. The third-order valence-corrected chi connectivity index (χ3v) is 4.22. The molecule has 0 saturated heterocycles. The van der Waals surface area contributed by atoms with Crippen LogP contribution in [0, 0.1) is 6.92 Å². The molecule has 0 amide bonds. The van der Waals surface area contributed by atoms with Crippen molar-refractivity contribution in [1.82, 2.24) is 9.71 Å². The van der Waals surface area contributed by atoms with Crippen LogP contribution in [0.1, 0.15) is 20.4 Å². The van der Waals surface area contributed by atoms with E-state index in [2.05, 4.69) is 16.3 Å². The number of aromatic nitrogens is 1. The number of aryl methyl sites for hydroxylation is 1. The van der Waals surface area contributed by atoms with Gasteiger partial charge < -0.3 is 5.11 Å². The minimum atomic E-state index is -3.40. The summed E-state index contributed by atoms with van der Waals surface area (Å²) in [6, 6.07) is 0. The van der Waals surface area contributed by atoms with Gasteiger partial charge in [0.1, 0.15) is 9.88 Å². The molecule has 1 aromatic rings. The number of sulfonamides is 1. The van der Waals surface area contributed by atoms with Gasteiger partial charge in [-0.2, -0.15) is 0 Å². The summed E-state index contributed by atoms with van der Waals surface area (Å²) < 4.78 is 24.9. The second-order valence-electron chi connectivity index (χ2n) is 3.22. The van der Waals surface area contributed by atoms with Crippen LogP contribution in [0.15, 0.2) is 12.7 Å². The highest BCUT2D eigenvalue weighted by atomic mass is 32.2. The molecule has 0 aliphatic heterocycles. The van der Waals surface area contributed by atoms with Gasteiger partial charge in [0, 0.05) is 0 Å². The lowest BCUT2D eigenvalue weighted by atomic mass is 10.4. The van der Waals surface area contributed by atoms with Crippen molar-refractivity contribution in [3.8, 4) is 0 Å². The van der Waals surface area contributed by atoms with Crippen LogP contribution in [-0.2, 0) is 16.6 Å². The van der Waals surface area contributed by atoms with Gasteiger partial charge in [-0.05, 0) is 6.92 Å². The first-order valence-electron chi connectivity index (χ1n) is 4.63. The molecule has 0 fully saturated rings. The summed E-state index contributed by atoms with van der Waals surface area (Å²) in [6.07, 6.45) is 1.28. The van der Waals surface area contributed by atoms with E-state index < -0.39 is 16.0 Å². The summed E-state index contributed by atoms with van der Waals surface area (Å²) in [5.41, 5.74) is 0.389. The second-order valence-corrected chi connectivity index (χ2v) is 6.15. The van der Waals surface area contributed by atoms with Crippen molar-refractivity contribution < 1.29 is 18.3 Å². The quantitative estimate of drug-likeness (QED) is 0.748. The Morgan fingerprint density at radius 2 is 2.29 bits per heavy atom. The molecule has 0 unspecified atom stereocenters. The molecule has 0 bridgehead atoms. The highest BCUT2D eigenvalue weighted by molar-refractivity contribution is 7.89. The molecule has 1 heterocycles. The van der Waals surface area contributed by atoms with Crippen molar-refractivity contribution in [2.24, 2.45) is 0 Å². The van der Waals surface area contributed by atoms with Crippen LogP contribution < -0.4 is 4.72 Å². The minimum absolute atomic E-state index is 0.00500. The number of nitrogens with one attached hydrogen (secondary N) is 1. The number of carboxylic acid groups (broad SMARTS) is 1. The standard InChI is InChI=1S/C9H12N2O4S2/c1-3-4-17(14,15)10-5-7-11-6(2)8(16-7)9(12)13/h3,10H,1,4-5H2,2H3,(H,12,13). The van der Waals surface area contributed by atoms with E-state index in [0.717, 1.165) is 11.3 Å². The number of aromatic carboxylic acids is 1. The summed E-state index contributed by atoms with van der Waals surface area (Å²) in [6.45, 7) is 4.90. The fourth-order valence-corrected chi connectivity index (χ4v) is 2.83. The van der Waals surface area contributed by atoms with Gasteiger partial charge >= 0.3 is 5.97 Å². The van der Waals surface area contributed by atoms with Gasteiger partial charge in [0.2, 0.25) is 10.0 Å². The van der Waals surface area contributed by atoms with Gasteiger partial charge in [0.05, 0.1) is 18.0 Å². The maximum absolute atomic E-state index is 11.3. The van der Waals surface area contributed by atoms with Gasteiger partial charge in [-0.25, -0.2) is 22.9 Å². The van der Waals surface area contributed by atoms with Gasteiger partial charge in [0.15, 0.2) is 0 Å². The van der Waals surface area contributed by atoms with Crippen LogP contribution in [0.5, 0.6) is 0 Å². The zero-order valence-corrected chi connectivity index (χ0v) is 10.8. The van der Waals surface area contributed by atoms with Crippen LogP contribution in [-0.4, -0.2) is 30.2 Å². The Hall–Kier alpha value is -1.25. The van der Waals surface area contributed by atoms with E-state index >= 15 is 0 Å². The predicted molar refractivity (Wildman–Crippen MR) is 64.6 cm³/mol. The van der Waals surface area contributed by atoms with Crippen LogP contribution in [0.3, 0.4) is 0 Å². The SMILES string of the molecule is C=CCS(=O)(=O)NCc1nc(C)c(C(=O)O)s1.